The van der Waals surface area contributed by atoms with E-state index < -0.39 is 0 Å². The van der Waals surface area contributed by atoms with Gasteiger partial charge in [-0.3, -0.25) is 9.69 Å². The Morgan fingerprint density at radius 2 is 2.16 bits per heavy atom. The second kappa shape index (κ2) is 8.64. The maximum atomic E-state index is 10.4. The highest BCUT2D eigenvalue weighted by atomic mass is 16.1. The molecule has 1 aromatic rings. The summed E-state index contributed by atoms with van der Waals surface area (Å²) in [6, 6.07) is 0. The summed E-state index contributed by atoms with van der Waals surface area (Å²) in [5.74, 6) is 1.08. The van der Waals surface area contributed by atoms with Crippen LogP contribution in [0.3, 0.4) is 0 Å². The molecule has 4 nitrogen and oxygen atoms in total. The summed E-state index contributed by atoms with van der Waals surface area (Å²) in [5, 5.41) is 0. The van der Waals surface area contributed by atoms with E-state index in [1.165, 1.54) is 18.9 Å². The highest BCUT2D eigenvalue weighted by molar-refractivity contribution is 5.73. The Kier molecular flexibility index (Phi) is 7.11. The number of hydrogen-bond acceptors (Lipinski definition) is 3. The fourth-order valence-electron chi connectivity index (χ4n) is 2.12. The van der Waals surface area contributed by atoms with E-state index in [-0.39, 0.29) is 0 Å². The Morgan fingerprint density at radius 1 is 1.37 bits per heavy atom. The SMILES string of the molecule is CCCCN(CC)Cc1ncc(/C=C/C=O)n1CC. The van der Waals surface area contributed by atoms with Crippen LogP contribution < -0.4 is 0 Å². The molecule has 1 rings (SSSR count). The Balaban J connectivity index is 2.79. The van der Waals surface area contributed by atoms with Gasteiger partial charge in [0.25, 0.3) is 0 Å². The lowest BCUT2D eigenvalue weighted by molar-refractivity contribution is -0.104. The van der Waals surface area contributed by atoms with E-state index in [0.29, 0.717) is 0 Å². The summed E-state index contributed by atoms with van der Waals surface area (Å²) < 4.78 is 2.16. The number of aldehydes is 1. The van der Waals surface area contributed by atoms with E-state index in [2.05, 4.69) is 35.2 Å². The zero-order chi connectivity index (χ0) is 14.1. The molecule has 0 aromatic carbocycles. The quantitative estimate of drug-likeness (QED) is 0.508. The Hall–Kier alpha value is -1.42. The van der Waals surface area contributed by atoms with Gasteiger partial charge < -0.3 is 4.57 Å². The fourth-order valence-corrected chi connectivity index (χ4v) is 2.12. The van der Waals surface area contributed by atoms with Crippen molar-refractivity contribution in [2.45, 2.75) is 46.7 Å². The molecule has 0 N–H and O–H groups in total. The number of nitrogens with zero attached hydrogens (tertiary/aromatic N) is 3. The first-order valence-corrected chi connectivity index (χ1v) is 7.15. The molecule has 0 bridgehead atoms. The molecule has 0 aliphatic carbocycles. The Bertz CT molecular complexity index is 410. The first-order valence-electron chi connectivity index (χ1n) is 7.15. The molecule has 0 fully saturated rings. The van der Waals surface area contributed by atoms with Gasteiger partial charge >= 0.3 is 0 Å². The van der Waals surface area contributed by atoms with E-state index in [0.717, 1.165) is 44.0 Å². The molecule has 0 saturated heterocycles. The van der Waals surface area contributed by atoms with Crippen molar-refractivity contribution in [2.75, 3.05) is 13.1 Å². The van der Waals surface area contributed by atoms with Crippen molar-refractivity contribution in [3.63, 3.8) is 0 Å². The van der Waals surface area contributed by atoms with Crippen LogP contribution >= 0.6 is 0 Å². The third-order valence-electron chi connectivity index (χ3n) is 3.27. The van der Waals surface area contributed by atoms with Gasteiger partial charge in [-0.25, -0.2) is 4.98 Å². The molecule has 0 saturated carbocycles. The van der Waals surface area contributed by atoms with Gasteiger partial charge in [0.1, 0.15) is 12.1 Å². The van der Waals surface area contributed by atoms with Crippen LogP contribution in [0.15, 0.2) is 12.3 Å². The molecule has 106 valence electrons. The minimum Gasteiger partial charge on any atom is -0.328 e. The number of hydrogen-bond donors (Lipinski definition) is 0. The zero-order valence-electron chi connectivity index (χ0n) is 12.3. The molecule has 0 radical (unpaired) electrons. The van der Waals surface area contributed by atoms with Crippen LogP contribution in [-0.4, -0.2) is 33.8 Å². The molecule has 4 heteroatoms. The fraction of sp³-hybridized carbons (Fsp3) is 0.600. The van der Waals surface area contributed by atoms with Gasteiger partial charge in [-0.05, 0) is 38.6 Å². The zero-order valence-corrected chi connectivity index (χ0v) is 12.3. The van der Waals surface area contributed by atoms with Crippen LogP contribution in [0.1, 0.15) is 45.1 Å². The van der Waals surface area contributed by atoms with Crippen LogP contribution in [0.4, 0.5) is 0 Å². The van der Waals surface area contributed by atoms with Crippen LogP contribution in [0.25, 0.3) is 6.08 Å². The van der Waals surface area contributed by atoms with Crippen molar-refractivity contribution < 1.29 is 4.79 Å². The Labute approximate surface area is 116 Å². The molecule has 0 aliphatic rings. The first kappa shape index (κ1) is 15.6. The third kappa shape index (κ3) is 4.63. The van der Waals surface area contributed by atoms with Gasteiger partial charge in [-0.2, -0.15) is 0 Å². The number of rotatable bonds is 9. The van der Waals surface area contributed by atoms with E-state index >= 15 is 0 Å². The predicted octanol–water partition coefficient (Wildman–Crippen LogP) is 2.74. The topological polar surface area (TPSA) is 38.1 Å². The lowest BCUT2D eigenvalue weighted by atomic mass is 10.3. The third-order valence-corrected chi connectivity index (χ3v) is 3.27. The maximum absolute atomic E-state index is 10.4. The minimum atomic E-state index is 0.798. The number of imidazole rings is 1. The number of carbonyl (C=O) groups excluding carboxylic acids is 1. The van der Waals surface area contributed by atoms with Crippen molar-refractivity contribution >= 4 is 12.4 Å². The molecule has 0 amide bonds. The highest BCUT2D eigenvalue weighted by Gasteiger charge is 2.10. The average Bonchev–Trinajstić information content (AvgIpc) is 2.82. The number of carbonyl (C=O) groups is 1. The molecule has 1 aromatic heterocycles. The molecule has 0 aliphatic heterocycles. The van der Waals surface area contributed by atoms with E-state index in [9.17, 15) is 4.79 Å². The number of aromatic nitrogens is 2. The molecule has 19 heavy (non-hydrogen) atoms. The Morgan fingerprint density at radius 3 is 2.74 bits per heavy atom. The van der Waals surface area contributed by atoms with Gasteiger partial charge in [0.2, 0.25) is 0 Å². The number of unbranched alkanes of at least 4 members (excludes halogenated alkanes) is 1. The smallest absolute Gasteiger partial charge is 0.142 e. The van der Waals surface area contributed by atoms with Crippen molar-refractivity contribution in [1.82, 2.24) is 14.5 Å². The highest BCUT2D eigenvalue weighted by Crippen LogP contribution is 2.10. The second-order valence-electron chi connectivity index (χ2n) is 4.56. The molecule has 0 spiro atoms. The first-order chi connectivity index (χ1) is 9.26. The molecular weight excluding hydrogens is 238 g/mol. The summed E-state index contributed by atoms with van der Waals surface area (Å²) in [6.45, 7) is 10.4. The molecular formula is C15H25N3O. The lowest BCUT2D eigenvalue weighted by Gasteiger charge is -2.20. The summed E-state index contributed by atoms with van der Waals surface area (Å²) in [5.41, 5.74) is 0.996. The van der Waals surface area contributed by atoms with Gasteiger partial charge in [0.05, 0.1) is 18.4 Å². The van der Waals surface area contributed by atoms with Gasteiger partial charge in [-0.1, -0.05) is 20.3 Å². The van der Waals surface area contributed by atoms with Gasteiger partial charge in [0.15, 0.2) is 0 Å². The number of allylic oxidation sites excluding steroid dienone is 1. The predicted molar refractivity (Wildman–Crippen MR) is 78.9 cm³/mol. The van der Waals surface area contributed by atoms with Crippen LogP contribution in [-0.2, 0) is 17.9 Å². The summed E-state index contributed by atoms with van der Waals surface area (Å²) >= 11 is 0. The lowest BCUT2D eigenvalue weighted by Crippen LogP contribution is -2.26. The van der Waals surface area contributed by atoms with E-state index in [1.54, 1.807) is 0 Å². The minimum absolute atomic E-state index is 0.798. The normalized spacial score (nSPS) is 11.6. The summed E-state index contributed by atoms with van der Waals surface area (Å²) in [4.78, 5) is 17.3. The van der Waals surface area contributed by atoms with Gasteiger partial charge in [-0.15, -0.1) is 0 Å². The van der Waals surface area contributed by atoms with Crippen LogP contribution in [0, 0.1) is 0 Å². The summed E-state index contributed by atoms with van der Waals surface area (Å²) in [6.07, 6.45) is 8.40. The molecule has 0 unspecified atom stereocenters. The van der Waals surface area contributed by atoms with Crippen molar-refractivity contribution in [2.24, 2.45) is 0 Å². The van der Waals surface area contributed by atoms with E-state index in [4.69, 9.17) is 0 Å². The van der Waals surface area contributed by atoms with Crippen LogP contribution in [0.5, 0.6) is 0 Å². The molecule has 1 heterocycles. The van der Waals surface area contributed by atoms with Crippen molar-refractivity contribution in [3.8, 4) is 0 Å². The van der Waals surface area contributed by atoms with E-state index in [1.807, 2.05) is 12.3 Å². The van der Waals surface area contributed by atoms with Gasteiger partial charge in [0, 0.05) is 6.54 Å². The second-order valence-corrected chi connectivity index (χ2v) is 4.56. The molecule has 0 atom stereocenters. The van der Waals surface area contributed by atoms with Crippen LogP contribution in [0.2, 0.25) is 0 Å². The van der Waals surface area contributed by atoms with Crippen molar-refractivity contribution in [3.05, 3.63) is 23.8 Å². The average molecular weight is 263 g/mol. The summed E-state index contributed by atoms with van der Waals surface area (Å²) in [7, 11) is 0. The maximum Gasteiger partial charge on any atom is 0.142 e. The monoisotopic (exact) mass is 263 g/mol. The largest absolute Gasteiger partial charge is 0.328 e. The standard InChI is InChI=1S/C15H25N3O/c1-4-7-10-17(5-2)13-15-16-12-14(9-8-11-19)18(15)6-3/h8-9,11-12H,4-7,10,13H2,1-3H3/b9-8+. The van der Waals surface area contributed by atoms with Crippen molar-refractivity contribution in [1.29, 1.82) is 0 Å².